The second-order valence-corrected chi connectivity index (χ2v) is 12.6. The summed E-state index contributed by atoms with van der Waals surface area (Å²) in [6.07, 6.45) is -2.97. The van der Waals surface area contributed by atoms with Crippen LogP contribution < -0.4 is 5.32 Å². The standard InChI is InChI=1S/C27H28ClF3N2O5S/c1-15(2)12-21(26(35)33-13-20(28)24-23(33)22(34)14-38-24)32-25(27(29,30)31)18-6-4-16(5-7-18)17-8-10-19(11-9-17)39(3,36)37/h4-12,15,20,23-25,32H,13-14H2,1-3H3/b21-12+/t20-,23-,24-,25?/m1/s1. The summed E-state index contributed by atoms with van der Waals surface area (Å²) >= 11 is 6.28. The molecule has 0 aromatic heterocycles. The number of nitrogens with one attached hydrogen (secondary N) is 1. The molecule has 1 unspecified atom stereocenters. The van der Waals surface area contributed by atoms with Crippen molar-refractivity contribution in [3.8, 4) is 11.1 Å². The van der Waals surface area contributed by atoms with E-state index in [-0.39, 0.29) is 41.0 Å². The predicted molar refractivity (Wildman–Crippen MR) is 140 cm³/mol. The minimum Gasteiger partial charge on any atom is -0.366 e. The van der Waals surface area contributed by atoms with Crippen LogP contribution in [0.15, 0.2) is 65.2 Å². The smallest absolute Gasteiger partial charge is 0.366 e. The Hall–Kier alpha value is -2.89. The fourth-order valence-electron chi connectivity index (χ4n) is 4.75. The van der Waals surface area contributed by atoms with Gasteiger partial charge in [-0.15, -0.1) is 11.6 Å². The van der Waals surface area contributed by atoms with Crippen molar-refractivity contribution in [2.24, 2.45) is 5.92 Å². The van der Waals surface area contributed by atoms with E-state index in [2.05, 4.69) is 5.32 Å². The number of carbonyl (C=O) groups excluding carboxylic acids is 2. The number of hydrogen-bond acceptors (Lipinski definition) is 6. The van der Waals surface area contributed by atoms with Gasteiger partial charge in [0.2, 0.25) is 0 Å². The molecule has 0 saturated carbocycles. The Bertz CT molecular complexity index is 1380. The summed E-state index contributed by atoms with van der Waals surface area (Å²) in [6.45, 7) is 3.22. The number of ether oxygens (including phenoxy) is 1. The quantitative estimate of drug-likeness (QED) is 0.386. The summed E-state index contributed by atoms with van der Waals surface area (Å²) in [6, 6.07) is 8.47. The number of rotatable bonds is 7. The topological polar surface area (TPSA) is 92.8 Å². The molecule has 0 aliphatic carbocycles. The van der Waals surface area contributed by atoms with Gasteiger partial charge in [0.05, 0.1) is 16.0 Å². The zero-order valence-corrected chi connectivity index (χ0v) is 23.0. The number of ketones is 1. The van der Waals surface area contributed by atoms with E-state index in [4.69, 9.17) is 16.3 Å². The highest BCUT2D eigenvalue weighted by Gasteiger charge is 2.52. The first-order valence-electron chi connectivity index (χ1n) is 12.2. The van der Waals surface area contributed by atoms with Gasteiger partial charge < -0.3 is 15.0 Å². The van der Waals surface area contributed by atoms with Crippen LogP contribution in [0.3, 0.4) is 0 Å². The molecule has 2 heterocycles. The molecule has 0 bridgehead atoms. The molecule has 2 fully saturated rings. The van der Waals surface area contributed by atoms with Gasteiger partial charge in [-0.3, -0.25) is 9.59 Å². The van der Waals surface area contributed by atoms with Crippen molar-refractivity contribution in [2.75, 3.05) is 19.4 Å². The number of carbonyl (C=O) groups is 2. The van der Waals surface area contributed by atoms with Gasteiger partial charge in [-0.05, 0) is 34.7 Å². The Balaban J connectivity index is 1.61. The van der Waals surface area contributed by atoms with Gasteiger partial charge in [0.15, 0.2) is 15.6 Å². The van der Waals surface area contributed by atoms with E-state index in [0.29, 0.717) is 11.1 Å². The van der Waals surface area contributed by atoms with Crippen molar-refractivity contribution in [1.82, 2.24) is 10.2 Å². The molecule has 2 saturated heterocycles. The second-order valence-electron chi connectivity index (χ2n) is 10.0. The lowest BCUT2D eigenvalue weighted by molar-refractivity contribution is -0.157. The van der Waals surface area contributed by atoms with Crippen molar-refractivity contribution >= 4 is 33.1 Å². The van der Waals surface area contributed by atoms with Crippen LogP contribution >= 0.6 is 11.6 Å². The van der Waals surface area contributed by atoms with E-state index in [1.54, 1.807) is 26.0 Å². The highest BCUT2D eigenvalue weighted by Crippen LogP contribution is 2.36. The van der Waals surface area contributed by atoms with Crippen LogP contribution in [-0.4, -0.2) is 68.1 Å². The molecule has 2 aromatic rings. The lowest BCUT2D eigenvalue weighted by Crippen LogP contribution is -2.46. The number of benzene rings is 2. The average molecular weight is 585 g/mol. The monoisotopic (exact) mass is 584 g/mol. The van der Waals surface area contributed by atoms with E-state index in [1.165, 1.54) is 47.4 Å². The maximum atomic E-state index is 14.3. The Kier molecular flexibility index (Phi) is 8.16. The molecule has 12 heteroatoms. The molecule has 0 radical (unpaired) electrons. The van der Waals surface area contributed by atoms with Gasteiger partial charge in [0.25, 0.3) is 5.91 Å². The van der Waals surface area contributed by atoms with E-state index >= 15 is 0 Å². The number of halogens is 4. The summed E-state index contributed by atoms with van der Waals surface area (Å²) in [4.78, 5) is 27.1. The van der Waals surface area contributed by atoms with Gasteiger partial charge in [0, 0.05) is 12.8 Å². The maximum absolute atomic E-state index is 14.3. The molecule has 39 heavy (non-hydrogen) atoms. The van der Waals surface area contributed by atoms with Crippen molar-refractivity contribution in [3.63, 3.8) is 0 Å². The first-order chi connectivity index (χ1) is 18.2. The van der Waals surface area contributed by atoms with E-state index in [0.717, 1.165) is 6.26 Å². The first kappa shape index (κ1) is 29.1. The van der Waals surface area contributed by atoms with E-state index in [1.807, 2.05) is 0 Å². The summed E-state index contributed by atoms with van der Waals surface area (Å²) in [5.74, 6) is -1.37. The molecule has 2 aliphatic heterocycles. The third-order valence-electron chi connectivity index (χ3n) is 6.60. The third-order valence-corrected chi connectivity index (χ3v) is 8.12. The number of nitrogens with zero attached hydrogens (tertiary/aromatic N) is 1. The minimum absolute atomic E-state index is 0.0257. The fourth-order valence-corrected chi connectivity index (χ4v) is 5.74. The van der Waals surface area contributed by atoms with E-state index < -0.39 is 45.5 Å². The Morgan fingerprint density at radius 1 is 1.10 bits per heavy atom. The lowest BCUT2D eigenvalue weighted by Gasteiger charge is -2.28. The molecule has 210 valence electrons. The van der Waals surface area contributed by atoms with Crippen molar-refractivity contribution in [2.45, 2.75) is 48.5 Å². The van der Waals surface area contributed by atoms with Gasteiger partial charge >= 0.3 is 6.18 Å². The molecule has 0 spiro atoms. The molecule has 1 amide bonds. The molecule has 4 rings (SSSR count). The normalized spacial score (nSPS) is 22.8. The van der Waals surface area contributed by atoms with Crippen LogP contribution in [0, 0.1) is 5.92 Å². The number of fused-ring (bicyclic) bond motifs is 1. The Labute approximate surface area is 229 Å². The van der Waals surface area contributed by atoms with Crippen LogP contribution in [-0.2, 0) is 24.2 Å². The fraction of sp³-hybridized carbons (Fsp3) is 0.407. The van der Waals surface area contributed by atoms with Gasteiger partial charge in [-0.2, -0.15) is 13.2 Å². The van der Waals surface area contributed by atoms with Crippen LogP contribution in [0.4, 0.5) is 13.2 Å². The number of Topliss-reactive ketones (excluding diaryl/α,β-unsaturated/α-hetero) is 1. The number of likely N-dealkylation sites (tertiary alicyclic amines) is 1. The molecule has 1 N–H and O–H groups in total. The first-order valence-corrected chi connectivity index (χ1v) is 14.5. The van der Waals surface area contributed by atoms with Crippen molar-refractivity contribution in [1.29, 1.82) is 0 Å². The summed E-state index contributed by atoms with van der Waals surface area (Å²) < 4.78 is 71.7. The molecule has 7 nitrogen and oxygen atoms in total. The minimum atomic E-state index is -4.76. The number of allylic oxidation sites excluding steroid dienone is 1. The lowest BCUT2D eigenvalue weighted by atomic mass is 10.00. The summed E-state index contributed by atoms with van der Waals surface area (Å²) in [7, 11) is -3.38. The highest BCUT2D eigenvalue weighted by atomic mass is 35.5. The third kappa shape index (κ3) is 6.31. The van der Waals surface area contributed by atoms with Gasteiger partial charge in [-0.1, -0.05) is 56.3 Å². The van der Waals surface area contributed by atoms with Gasteiger partial charge in [0.1, 0.15) is 24.8 Å². The maximum Gasteiger partial charge on any atom is 0.412 e. The van der Waals surface area contributed by atoms with Crippen molar-refractivity contribution in [3.05, 3.63) is 65.9 Å². The number of amides is 1. The van der Waals surface area contributed by atoms with Crippen LogP contribution in [0.1, 0.15) is 25.5 Å². The summed E-state index contributed by atoms with van der Waals surface area (Å²) in [5, 5.41) is 1.74. The van der Waals surface area contributed by atoms with Crippen LogP contribution in [0.25, 0.3) is 11.1 Å². The molecule has 4 atom stereocenters. The van der Waals surface area contributed by atoms with Crippen molar-refractivity contribution < 1.29 is 35.9 Å². The number of sulfone groups is 1. The predicted octanol–water partition coefficient (Wildman–Crippen LogP) is 4.28. The highest BCUT2D eigenvalue weighted by molar-refractivity contribution is 7.90. The van der Waals surface area contributed by atoms with E-state index in [9.17, 15) is 31.2 Å². The van der Waals surface area contributed by atoms with Crippen LogP contribution in [0.5, 0.6) is 0 Å². The van der Waals surface area contributed by atoms with Crippen LogP contribution in [0.2, 0.25) is 0 Å². The molecular weight excluding hydrogens is 557 g/mol. The largest absolute Gasteiger partial charge is 0.412 e. The average Bonchev–Trinajstić information content (AvgIpc) is 3.40. The number of alkyl halides is 4. The molecule has 2 aromatic carbocycles. The Morgan fingerprint density at radius 3 is 2.18 bits per heavy atom. The Morgan fingerprint density at radius 2 is 1.67 bits per heavy atom. The van der Waals surface area contributed by atoms with Gasteiger partial charge in [-0.25, -0.2) is 8.42 Å². The molecule has 2 aliphatic rings. The zero-order chi connectivity index (χ0) is 28.7. The number of hydrogen-bond donors (Lipinski definition) is 1. The SMILES string of the molecule is CC(C)/C=C(/NC(c1ccc(-c2ccc(S(C)(=O)=O)cc2)cc1)C(F)(F)F)C(=O)N1C[C@@H](Cl)[C@H]2OCC(=O)[C@H]21. The molecular formula is C27H28ClF3N2O5S. The second kappa shape index (κ2) is 10.9. The zero-order valence-electron chi connectivity index (χ0n) is 21.4. The summed E-state index contributed by atoms with van der Waals surface area (Å²) in [5.41, 5.74) is 0.807.